The van der Waals surface area contributed by atoms with Crippen LogP contribution in [0.3, 0.4) is 0 Å². The van der Waals surface area contributed by atoms with Crippen LogP contribution in [-0.4, -0.2) is 54.5 Å². The summed E-state index contributed by atoms with van der Waals surface area (Å²) in [6.45, 7) is 9.79. The van der Waals surface area contributed by atoms with E-state index in [1.807, 2.05) is 6.92 Å². The number of rotatable bonds is 5. The maximum Gasteiger partial charge on any atom is 0.322 e. The first kappa shape index (κ1) is 20.9. The van der Waals surface area contributed by atoms with Crippen molar-refractivity contribution in [2.24, 2.45) is 22.7 Å². The van der Waals surface area contributed by atoms with Crippen LogP contribution < -0.4 is 16.0 Å². The first-order valence-corrected chi connectivity index (χ1v) is 11.1. The summed E-state index contributed by atoms with van der Waals surface area (Å²) >= 11 is 0. The number of piperidine rings is 1. The molecule has 0 bridgehead atoms. The maximum atomic E-state index is 12.2. The van der Waals surface area contributed by atoms with Gasteiger partial charge in [-0.2, -0.15) is 0 Å². The monoisotopic (exact) mass is 391 g/mol. The zero-order valence-electron chi connectivity index (χ0n) is 17.7. The molecular formula is C21H37N5O2. The van der Waals surface area contributed by atoms with Crippen LogP contribution in [0.4, 0.5) is 4.79 Å². The lowest BCUT2D eigenvalue weighted by molar-refractivity contribution is -0.125. The summed E-state index contributed by atoms with van der Waals surface area (Å²) in [5.41, 5.74) is -0.782. The van der Waals surface area contributed by atoms with Gasteiger partial charge in [0.25, 0.3) is 5.91 Å². The van der Waals surface area contributed by atoms with E-state index in [-0.39, 0.29) is 17.9 Å². The predicted molar refractivity (Wildman–Crippen MR) is 111 cm³/mol. The van der Waals surface area contributed by atoms with Crippen molar-refractivity contribution in [1.29, 1.82) is 0 Å². The first-order valence-electron chi connectivity index (χ1n) is 11.1. The van der Waals surface area contributed by atoms with E-state index in [1.165, 1.54) is 32.1 Å². The fourth-order valence-electron chi connectivity index (χ4n) is 5.10. The number of nitrogens with zero attached hydrogens (tertiary/aromatic N) is 2. The smallest absolute Gasteiger partial charge is 0.322 e. The number of hydrogen-bond donors (Lipinski definition) is 3. The van der Waals surface area contributed by atoms with E-state index < -0.39 is 5.54 Å². The van der Waals surface area contributed by atoms with Crippen molar-refractivity contribution in [3.05, 3.63) is 0 Å². The number of nitrogens with one attached hydrogen (secondary N) is 3. The van der Waals surface area contributed by atoms with Crippen molar-refractivity contribution in [3.8, 4) is 0 Å². The van der Waals surface area contributed by atoms with Gasteiger partial charge < -0.3 is 15.5 Å². The summed E-state index contributed by atoms with van der Waals surface area (Å²) in [6.07, 6.45) is 8.39. The third-order valence-corrected chi connectivity index (χ3v) is 7.07. The van der Waals surface area contributed by atoms with Gasteiger partial charge in [-0.1, -0.05) is 32.6 Å². The standard InChI is InChI=1S/C21H37N5O2/c1-4-22-19(23-12-9-16-8-6-5-7-15(16)2)26-13-10-17(11-14-26)21(3)18(27)24-20(28)25-21/h15-17H,4-14H2,1-3H3,(H,22,23)(H2,24,25,27,28). The van der Waals surface area contributed by atoms with Gasteiger partial charge in [-0.25, -0.2) is 4.79 Å². The zero-order valence-corrected chi connectivity index (χ0v) is 17.7. The Labute approximate surface area is 169 Å². The molecule has 3 atom stereocenters. The molecule has 3 unspecified atom stereocenters. The lowest BCUT2D eigenvalue weighted by atomic mass is 9.79. The number of likely N-dealkylation sites (tertiary alicyclic amines) is 1. The van der Waals surface area contributed by atoms with Crippen molar-refractivity contribution in [1.82, 2.24) is 20.9 Å². The minimum Gasteiger partial charge on any atom is -0.357 e. The molecule has 0 aromatic heterocycles. The highest BCUT2D eigenvalue weighted by molar-refractivity contribution is 6.07. The number of hydrogen-bond acceptors (Lipinski definition) is 3. The van der Waals surface area contributed by atoms with Gasteiger partial charge in [-0.3, -0.25) is 15.1 Å². The Bertz CT molecular complexity index is 600. The van der Waals surface area contributed by atoms with Gasteiger partial charge in [0.15, 0.2) is 5.96 Å². The van der Waals surface area contributed by atoms with Crippen molar-refractivity contribution in [2.75, 3.05) is 26.2 Å². The summed E-state index contributed by atoms with van der Waals surface area (Å²) in [6, 6.07) is -0.373. The highest BCUT2D eigenvalue weighted by Crippen LogP contribution is 2.32. The molecule has 0 spiro atoms. The van der Waals surface area contributed by atoms with Crippen LogP contribution in [0.15, 0.2) is 4.99 Å². The molecule has 7 nitrogen and oxygen atoms in total. The number of guanidine groups is 1. The van der Waals surface area contributed by atoms with E-state index in [4.69, 9.17) is 4.99 Å². The van der Waals surface area contributed by atoms with Gasteiger partial charge in [0, 0.05) is 26.2 Å². The Morgan fingerprint density at radius 3 is 2.54 bits per heavy atom. The van der Waals surface area contributed by atoms with E-state index in [1.54, 1.807) is 0 Å². The van der Waals surface area contributed by atoms with Gasteiger partial charge in [0.1, 0.15) is 5.54 Å². The van der Waals surface area contributed by atoms with Crippen molar-refractivity contribution >= 4 is 17.9 Å². The molecule has 2 saturated heterocycles. The number of imide groups is 1. The topological polar surface area (TPSA) is 85.8 Å². The number of amides is 3. The highest BCUT2D eigenvalue weighted by Gasteiger charge is 2.48. The molecule has 158 valence electrons. The summed E-state index contributed by atoms with van der Waals surface area (Å²) in [7, 11) is 0. The second-order valence-electron chi connectivity index (χ2n) is 8.92. The number of urea groups is 1. The third-order valence-electron chi connectivity index (χ3n) is 7.07. The summed E-state index contributed by atoms with van der Waals surface area (Å²) in [5.74, 6) is 2.60. The van der Waals surface area contributed by atoms with E-state index in [9.17, 15) is 9.59 Å². The molecule has 3 aliphatic rings. The molecule has 2 aliphatic heterocycles. The molecule has 3 fully saturated rings. The molecule has 0 aromatic rings. The molecule has 3 amide bonds. The molecule has 1 saturated carbocycles. The first-order chi connectivity index (χ1) is 13.4. The number of carbonyl (C=O) groups excluding carboxylic acids is 2. The molecule has 0 aromatic carbocycles. The second kappa shape index (κ2) is 9.14. The molecule has 28 heavy (non-hydrogen) atoms. The minimum atomic E-state index is -0.782. The Hall–Kier alpha value is -1.79. The summed E-state index contributed by atoms with van der Waals surface area (Å²) < 4.78 is 0. The Balaban J connectivity index is 1.54. The van der Waals surface area contributed by atoms with Gasteiger partial charge in [0.2, 0.25) is 0 Å². The summed E-state index contributed by atoms with van der Waals surface area (Å²) in [5, 5.41) is 8.65. The number of aliphatic imine (C=N–C) groups is 1. The average Bonchev–Trinajstić information content (AvgIpc) is 2.95. The Morgan fingerprint density at radius 2 is 1.93 bits per heavy atom. The van der Waals surface area contributed by atoms with Crippen LogP contribution in [0.2, 0.25) is 0 Å². The Morgan fingerprint density at radius 1 is 1.21 bits per heavy atom. The van der Waals surface area contributed by atoms with E-state index in [0.717, 1.165) is 56.8 Å². The largest absolute Gasteiger partial charge is 0.357 e. The highest BCUT2D eigenvalue weighted by atomic mass is 16.2. The molecule has 2 heterocycles. The SMILES string of the molecule is CCNC(=NCCC1CCCCC1C)N1CCC(C2(C)NC(=O)NC2=O)CC1. The minimum absolute atomic E-state index is 0.154. The maximum absolute atomic E-state index is 12.2. The molecule has 1 aliphatic carbocycles. The Kier molecular flexibility index (Phi) is 6.83. The normalized spacial score (nSPS) is 32.2. The third kappa shape index (κ3) is 4.61. The van der Waals surface area contributed by atoms with Crippen molar-refractivity contribution in [3.63, 3.8) is 0 Å². The predicted octanol–water partition coefficient (Wildman–Crippen LogP) is 2.48. The zero-order chi connectivity index (χ0) is 20.1. The molecule has 3 N–H and O–H groups in total. The van der Waals surface area contributed by atoms with E-state index in [2.05, 4.69) is 34.7 Å². The van der Waals surface area contributed by atoms with Crippen LogP contribution in [0.5, 0.6) is 0 Å². The quantitative estimate of drug-likeness (QED) is 0.382. The molecule has 0 radical (unpaired) electrons. The van der Waals surface area contributed by atoms with Crippen LogP contribution >= 0.6 is 0 Å². The van der Waals surface area contributed by atoms with Crippen molar-refractivity contribution < 1.29 is 9.59 Å². The van der Waals surface area contributed by atoms with Crippen LogP contribution in [0.25, 0.3) is 0 Å². The molecule has 7 heteroatoms. The number of carbonyl (C=O) groups is 2. The van der Waals surface area contributed by atoms with E-state index in [0.29, 0.717) is 0 Å². The summed E-state index contributed by atoms with van der Waals surface area (Å²) in [4.78, 5) is 31.0. The van der Waals surface area contributed by atoms with Crippen LogP contribution in [0, 0.1) is 17.8 Å². The fourth-order valence-corrected chi connectivity index (χ4v) is 5.10. The lowest BCUT2D eigenvalue weighted by Crippen LogP contribution is -2.55. The second-order valence-corrected chi connectivity index (χ2v) is 8.92. The van der Waals surface area contributed by atoms with Gasteiger partial charge >= 0.3 is 6.03 Å². The average molecular weight is 392 g/mol. The molecule has 3 rings (SSSR count). The van der Waals surface area contributed by atoms with Crippen LogP contribution in [0.1, 0.15) is 65.7 Å². The fraction of sp³-hybridized carbons (Fsp3) is 0.857. The molecular weight excluding hydrogens is 354 g/mol. The van der Waals surface area contributed by atoms with E-state index >= 15 is 0 Å². The van der Waals surface area contributed by atoms with Gasteiger partial charge in [-0.15, -0.1) is 0 Å². The van der Waals surface area contributed by atoms with Gasteiger partial charge in [-0.05, 0) is 50.9 Å². The van der Waals surface area contributed by atoms with Gasteiger partial charge in [0.05, 0.1) is 0 Å². The van der Waals surface area contributed by atoms with Crippen LogP contribution in [-0.2, 0) is 4.79 Å². The lowest BCUT2D eigenvalue weighted by Gasteiger charge is -2.39. The van der Waals surface area contributed by atoms with Crippen molar-refractivity contribution in [2.45, 2.75) is 71.3 Å².